The number of hydrogen-bond donors (Lipinski definition) is 3. The molecule has 2 rings (SSSR count). The van der Waals surface area contributed by atoms with Crippen molar-refractivity contribution in [1.29, 1.82) is 0 Å². The van der Waals surface area contributed by atoms with Crippen molar-refractivity contribution < 1.29 is 4.79 Å². The van der Waals surface area contributed by atoms with Crippen LogP contribution in [0.5, 0.6) is 0 Å². The first-order chi connectivity index (χ1) is 8.72. The predicted molar refractivity (Wildman–Crippen MR) is 69.1 cm³/mol. The highest BCUT2D eigenvalue weighted by Crippen LogP contribution is 2.22. The molecule has 0 bridgehead atoms. The first-order valence-corrected chi connectivity index (χ1v) is 6.50. The lowest BCUT2D eigenvalue weighted by molar-refractivity contribution is -0.119. The van der Waals surface area contributed by atoms with Gasteiger partial charge in [0.05, 0.1) is 12.4 Å². The summed E-state index contributed by atoms with van der Waals surface area (Å²) >= 11 is 1.45. The number of aromatic nitrogens is 4. The van der Waals surface area contributed by atoms with Crippen molar-refractivity contribution in [3.05, 3.63) is 12.7 Å². The Kier molecular flexibility index (Phi) is 4.11. The number of carbonyl (C=O) groups excluding carboxylic acids is 1. The lowest BCUT2D eigenvalue weighted by Gasteiger charge is -2.13. The van der Waals surface area contributed by atoms with Gasteiger partial charge in [0.15, 0.2) is 5.65 Å². The highest BCUT2D eigenvalue weighted by molar-refractivity contribution is 7.99. The van der Waals surface area contributed by atoms with Crippen molar-refractivity contribution in [2.24, 2.45) is 5.73 Å². The van der Waals surface area contributed by atoms with Gasteiger partial charge in [-0.05, 0) is 6.54 Å². The van der Waals surface area contributed by atoms with Crippen LogP contribution in [0.2, 0.25) is 0 Å². The van der Waals surface area contributed by atoms with Crippen molar-refractivity contribution in [3.8, 4) is 0 Å². The third-order valence-corrected chi connectivity index (χ3v) is 3.45. The number of amides is 1. The average Bonchev–Trinajstić information content (AvgIpc) is 2.82. The summed E-state index contributed by atoms with van der Waals surface area (Å²) in [4.78, 5) is 26.4. The molecule has 1 amide bonds. The number of nitrogens with one attached hydrogen (secondary N) is 2. The number of imidazole rings is 1. The van der Waals surface area contributed by atoms with Crippen molar-refractivity contribution in [2.45, 2.75) is 18.0 Å². The Morgan fingerprint density at radius 1 is 1.56 bits per heavy atom. The first kappa shape index (κ1) is 12.8. The molecule has 0 aliphatic rings. The summed E-state index contributed by atoms with van der Waals surface area (Å²) in [6.07, 6.45) is 3.03. The van der Waals surface area contributed by atoms with E-state index >= 15 is 0 Å². The van der Waals surface area contributed by atoms with Crippen LogP contribution in [0.4, 0.5) is 0 Å². The van der Waals surface area contributed by atoms with Crippen LogP contribution in [-0.2, 0) is 4.79 Å². The van der Waals surface area contributed by atoms with Crippen LogP contribution < -0.4 is 11.1 Å². The van der Waals surface area contributed by atoms with Crippen molar-refractivity contribution in [2.75, 3.05) is 12.3 Å². The molecule has 2 aromatic heterocycles. The van der Waals surface area contributed by atoms with Crippen LogP contribution in [0, 0.1) is 0 Å². The summed E-state index contributed by atoms with van der Waals surface area (Å²) in [6.45, 7) is 2.62. The van der Waals surface area contributed by atoms with Gasteiger partial charge in [0.25, 0.3) is 0 Å². The molecule has 96 valence electrons. The summed E-state index contributed by atoms with van der Waals surface area (Å²) in [5.41, 5.74) is 6.71. The molecule has 7 nitrogen and oxygen atoms in total. The van der Waals surface area contributed by atoms with E-state index in [1.807, 2.05) is 6.92 Å². The van der Waals surface area contributed by atoms with Crippen molar-refractivity contribution >= 4 is 28.8 Å². The molecule has 0 aromatic carbocycles. The number of nitrogens with two attached hydrogens (primary N) is 1. The average molecular weight is 266 g/mol. The van der Waals surface area contributed by atoms with Crippen LogP contribution in [0.3, 0.4) is 0 Å². The maximum absolute atomic E-state index is 11.2. The third-order valence-electron chi connectivity index (χ3n) is 2.37. The largest absolute Gasteiger partial charge is 0.368 e. The van der Waals surface area contributed by atoms with E-state index in [0.717, 1.165) is 10.5 Å². The molecule has 0 aliphatic heterocycles. The van der Waals surface area contributed by atoms with Gasteiger partial charge in [0, 0.05) is 5.75 Å². The highest BCUT2D eigenvalue weighted by Gasteiger charge is 2.15. The minimum atomic E-state index is -0.368. The number of aromatic amines is 1. The minimum absolute atomic E-state index is 0.362. The van der Waals surface area contributed by atoms with Crippen LogP contribution in [-0.4, -0.2) is 44.2 Å². The molecule has 0 radical (unpaired) electrons. The zero-order chi connectivity index (χ0) is 13.0. The Balaban J connectivity index is 2.09. The number of rotatable bonds is 6. The summed E-state index contributed by atoms with van der Waals surface area (Å²) in [5, 5.41) is 3.80. The van der Waals surface area contributed by atoms with Crippen LogP contribution in [0.25, 0.3) is 11.2 Å². The Hall–Kier alpha value is -1.67. The predicted octanol–water partition coefficient (Wildman–Crippen LogP) is -0.0916. The maximum atomic E-state index is 11.2. The molecule has 2 aromatic rings. The van der Waals surface area contributed by atoms with Crippen LogP contribution in [0.1, 0.15) is 6.92 Å². The molecule has 0 spiro atoms. The second-order valence-corrected chi connectivity index (χ2v) is 4.61. The van der Waals surface area contributed by atoms with Gasteiger partial charge in [0.1, 0.15) is 16.9 Å². The molecule has 0 saturated heterocycles. The topological polar surface area (TPSA) is 110 Å². The maximum Gasteiger partial charge on any atom is 0.235 e. The second-order valence-electron chi connectivity index (χ2n) is 3.60. The van der Waals surface area contributed by atoms with Crippen LogP contribution in [0.15, 0.2) is 17.7 Å². The van der Waals surface area contributed by atoms with E-state index in [0.29, 0.717) is 17.9 Å². The van der Waals surface area contributed by atoms with Gasteiger partial charge in [0.2, 0.25) is 5.91 Å². The lowest BCUT2D eigenvalue weighted by atomic mass is 10.3. The number of fused-ring (bicyclic) bond motifs is 1. The zero-order valence-corrected chi connectivity index (χ0v) is 10.7. The fraction of sp³-hybridized carbons (Fsp3) is 0.400. The molecule has 2 heterocycles. The highest BCUT2D eigenvalue weighted by atomic mass is 32.2. The van der Waals surface area contributed by atoms with Gasteiger partial charge in [-0.15, -0.1) is 11.8 Å². The number of hydrogen-bond acceptors (Lipinski definition) is 6. The monoisotopic (exact) mass is 266 g/mol. The molecule has 4 N–H and O–H groups in total. The van der Waals surface area contributed by atoms with Crippen molar-refractivity contribution in [3.63, 3.8) is 0 Å². The normalized spacial score (nSPS) is 12.7. The lowest BCUT2D eigenvalue weighted by Crippen LogP contribution is -2.43. The summed E-state index contributed by atoms with van der Waals surface area (Å²) < 4.78 is 0. The quantitative estimate of drug-likeness (QED) is 0.498. The van der Waals surface area contributed by atoms with Crippen LogP contribution >= 0.6 is 11.8 Å². The summed E-state index contributed by atoms with van der Waals surface area (Å²) in [5.74, 6) is 0.160. The number of likely N-dealkylation sites (N-methyl/N-ethyl adjacent to an activating group) is 1. The number of thioether (sulfide) groups is 1. The van der Waals surface area contributed by atoms with E-state index in [1.165, 1.54) is 18.1 Å². The Morgan fingerprint density at radius 2 is 2.39 bits per heavy atom. The first-order valence-electron chi connectivity index (χ1n) is 5.52. The van der Waals surface area contributed by atoms with Crippen molar-refractivity contribution in [1.82, 2.24) is 25.3 Å². The van der Waals surface area contributed by atoms with E-state index in [4.69, 9.17) is 5.73 Å². The van der Waals surface area contributed by atoms with E-state index in [9.17, 15) is 4.79 Å². The van der Waals surface area contributed by atoms with Gasteiger partial charge in [-0.2, -0.15) is 0 Å². The third kappa shape index (κ3) is 2.77. The molecule has 0 aliphatic carbocycles. The molecule has 18 heavy (non-hydrogen) atoms. The van der Waals surface area contributed by atoms with Gasteiger partial charge in [-0.25, -0.2) is 15.0 Å². The molecular weight excluding hydrogens is 252 g/mol. The molecule has 8 heteroatoms. The molecule has 1 unspecified atom stereocenters. The molecular formula is C10H14N6OS. The Bertz CT molecular complexity index is 542. The fourth-order valence-electron chi connectivity index (χ4n) is 1.50. The zero-order valence-electron chi connectivity index (χ0n) is 9.88. The van der Waals surface area contributed by atoms with Gasteiger partial charge >= 0.3 is 0 Å². The van der Waals surface area contributed by atoms with E-state index in [-0.39, 0.29) is 11.9 Å². The smallest absolute Gasteiger partial charge is 0.235 e. The van der Waals surface area contributed by atoms with E-state index in [2.05, 4.69) is 25.3 Å². The van der Waals surface area contributed by atoms with Gasteiger partial charge in [-0.1, -0.05) is 6.92 Å². The number of carbonyl (C=O) groups is 1. The molecule has 1 atom stereocenters. The SMILES string of the molecule is CCNC(CSc1ncnc2nc[nH]c12)C(N)=O. The fourth-order valence-corrected chi connectivity index (χ4v) is 2.53. The number of primary amides is 1. The summed E-state index contributed by atoms with van der Waals surface area (Å²) in [6, 6.07) is -0.368. The van der Waals surface area contributed by atoms with E-state index < -0.39 is 0 Å². The number of H-pyrrole nitrogens is 1. The Labute approximate surface area is 108 Å². The minimum Gasteiger partial charge on any atom is -0.368 e. The second kappa shape index (κ2) is 5.78. The Morgan fingerprint density at radius 3 is 3.11 bits per heavy atom. The molecule has 0 fully saturated rings. The van der Waals surface area contributed by atoms with Gasteiger partial charge in [-0.3, -0.25) is 4.79 Å². The molecule has 0 saturated carbocycles. The summed E-state index contributed by atoms with van der Waals surface area (Å²) in [7, 11) is 0. The van der Waals surface area contributed by atoms with Gasteiger partial charge < -0.3 is 16.0 Å². The number of nitrogens with zero attached hydrogens (tertiary/aromatic N) is 3. The van der Waals surface area contributed by atoms with E-state index in [1.54, 1.807) is 6.33 Å². The standard InChI is InChI=1S/C10H14N6OS/c1-2-12-6(8(11)17)3-18-10-7-9(14-4-13-7)15-5-16-10/h4-6,12H,2-3H2,1H3,(H2,11,17)(H,13,14,15,16).